The average Bonchev–Trinajstić information content (AvgIpc) is 2.25. The maximum absolute atomic E-state index is 12.6. The Balaban J connectivity index is 3.40. The van der Waals surface area contributed by atoms with Crippen LogP contribution in [-0.2, 0) is 4.74 Å². The van der Waals surface area contributed by atoms with E-state index in [2.05, 4.69) is 11.3 Å². The predicted molar refractivity (Wildman–Crippen MR) is 57.6 cm³/mol. The molecule has 0 aliphatic carbocycles. The minimum atomic E-state index is -4.57. The van der Waals surface area contributed by atoms with Gasteiger partial charge in [-0.25, -0.2) is 4.79 Å². The van der Waals surface area contributed by atoms with Crippen LogP contribution >= 0.6 is 0 Å². The predicted octanol–water partition coefficient (Wildman–Crippen LogP) is 3.36. The number of ether oxygens (including phenoxy) is 1. The summed E-state index contributed by atoms with van der Waals surface area (Å²) in [7, 11) is 1.12. The van der Waals surface area contributed by atoms with Crippen molar-refractivity contribution in [2.75, 3.05) is 7.11 Å². The van der Waals surface area contributed by atoms with Gasteiger partial charge in [0.1, 0.15) is 0 Å². The molecule has 0 N–H and O–H groups in total. The van der Waals surface area contributed by atoms with Crippen molar-refractivity contribution in [2.45, 2.75) is 13.1 Å². The number of rotatable bonds is 2. The summed E-state index contributed by atoms with van der Waals surface area (Å²) in [4.78, 5) is 11.5. The summed E-state index contributed by atoms with van der Waals surface area (Å²) in [6, 6.07) is 4.18. The lowest BCUT2D eigenvalue weighted by Gasteiger charge is -2.15. The first-order valence-electron chi connectivity index (χ1n) is 4.73. The Hall–Kier alpha value is -1.78. The molecule has 0 amide bonds. The van der Waals surface area contributed by atoms with Crippen molar-refractivity contribution in [3.63, 3.8) is 0 Å². The number of benzene rings is 1. The van der Waals surface area contributed by atoms with E-state index in [4.69, 9.17) is 0 Å². The highest BCUT2D eigenvalue weighted by atomic mass is 19.4. The van der Waals surface area contributed by atoms with Crippen LogP contribution in [0.3, 0.4) is 0 Å². The Labute approximate surface area is 96.7 Å². The molecule has 0 aromatic heterocycles. The Morgan fingerprint density at radius 3 is 2.41 bits per heavy atom. The zero-order valence-corrected chi connectivity index (χ0v) is 9.39. The number of hydrogen-bond donors (Lipinski definition) is 0. The summed E-state index contributed by atoms with van der Waals surface area (Å²) in [5, 5.41) is 0. The van der Waals surface area contributed by atoms with Crippen molar-refractivity contribution in [1.29, 1.82) is 0 Å². The fourth-order valence-corrected chi connectivity index (χ4v) is 1.44. The van der Waals surface area contributed by atoms with Gasteiger partial charge >= 0.3 is 12.1 Å². The van der Waals surface area contributed by atoms with Crippen LogP contribution in [0.2, 0.25) is 0 Å². The Kier molecular flexibility index (Phi) is 3.60. The summed E-state index contributed by atoms with van der Waals surface area (Å²) < 4.78 is 42.2. The van der Waals surface area contributed by atoms with Crippen molar-refractivity contribution in [2.24, 2.45) is 0 Å². The number of allylic oxidation sites excluding steroid dienone is 1. The molecule has 2 nitrogen and oxygen atoms in total. The molecule has 0 fully saturated rings. The van der Waals surface area contributed by atoms with Gasteiger partial charge in [-0.2, -0.15) is 13.2 Å². The van der Waals surface area contributed by atoms with Crippen LogP contribution in [0.1, 0.15) is 21.5 Å². The lowest BCUT2D eigenvalue weighted by atomic mass is 9.96. The first-order valence-corrected chi connectivity index (χ1v) is 4.73. The van der Waals surface area contributed by atoms with E-state index in [0.717, 1.165) is 7.11 Å². The van der Waals surface area contributed by atoms with Crippen LogP contribution < -0.4 is 0 Å². The number of methoxy groups -OCH3 is 1. The summed E-state index contributed by atoms with van der Waals surface area (Å²) in [5.41, 5.74) is -0.983. The van der Waals surface area contributed by atoms with Gasteiger partial charge in [0.2, 0.25) is 0 Å². The highest BCUT2D eigenvalue weighted by Gasteiger charge is 2.35. The van der Waals surface area contributed by atoms with E-state index < -0.39 is 17.7 Å². The topological polar surface area (TPSA) is 26.3 Å². The molecule has 1 aromatic carbocycles. The fourth-order valence-electron chi connectivity index (χ4n) is 1.44. The number of carbonyl (C=O) groups is 1. The Bertz CT molecular complexity index is 461. The molecule has 5 heteroatoms. The highest BCUT2D eigenvalue weighted by Crippen LogP contribution is 2.34. The second kappa shape index (κ2) is 4.61. The van der Waals surface area contributed by atoms with Gasteiger partial charge < -0.3 is 4.74 Å². The van der Waals surface area contributed by atoms with E-state index in [0.29, 0.717) is 5.56 Å². The number of aryl methyl sites for hydroxylation is 1. The van der Waals surface area contributed by atoms with Gasteiger partial charge in [0.15, 0.2) is 0 Å². The lowest BCUT2D eigenvalue weighted by molar-refractivity contribution is -0.0686. The van der Waals surface area contributed by atoms with E-state index in [1.165, 1.54) is 12.1 Å². The molecule has 17 heavy (non-hydrogen) atoms. The van der Waals surface area contributed by atoms with Crippen molar-refractivity contribution >= 4 is 11.5 Å². The van der Waals surface area contributed by atoms with Gasteiger partial charge in [-0.05, 0) is 12.5 Å². The number of carbonyl (C=O) groups excluding carboxylic acids is 1. The molecule has 0 aliphatic heterocycles. The van der Waals surface area contributed by atoms with Crippen LogP contribution in [0.5, 0.6) is 0 Å². The maximum Gasteiger partial charge on any atom is 0.416 e. The van der Waals surface area contributed by atoms with Crippen molar-refractivity contribution < 1.29 is 22.7 Å². The van der Waals surface area contributed by atoms with Crippen LogP contribution in [0.25, 0.3) is 5.57 Å². The summed E-state index contributed by atoms with van der Waals surface area (Å²) >= 11 is 0. The molecule has 0 spiro atoms. The van der Waals surface area contributed by atoms with E-state index in [-0.39, 0.29) is 11.1 Å². The highest BCUT2D eigenvalue weighted by molar-refractivity contribution is 5.97. The third-order valence-electron chi connectivity index (χ3n) is 2.33. The first-order chi connectivity index (χ1) is 7.79. The van der Waals surface area contributed by atoms with E-state index >= 15 is 0 Å². The van der Waals surface area contributed by atoms with Gasteiger partial charge in [0.25, 0.3) is 0 Å². The Morgan fingerprint density at radius 1 is 1.35 bits per heavy atom. The maximum atomic E-state index is 12.6. The number of hydrogen-bond acceptors (Lipinski definition) is 2. The van der Waals surface area contributed by atoms with Crippen LogP contribution in [0, 0.1) is 6.92 Å². The summed E-state index contributed by atoms with van der Waals surface area (Å²) in [5.74, 6) is -0.802. The number of halogens is 3. The third-order valence-corrected chi connectivity index (χ3v) is 2.33. The first kappa shape index (κ1) is 13.3. The molecular weight excluding hydrogens is 233 g/mol. The smallest absolute Gasteiger partial charge is 0.416 e. The molecule has 0 unspecified atom stereocenters. The SMILES string of the molecule is C=C(c1cccc(C)c1C(=O)OC)C(F)(F)F. The van der Waals surface area contributed by atoms with Gasteiger partial charge in [0.05, 0.1) is 18.2 Å². The summed E-state index contributed by atoms with van der Waals surface area (Å²) in [6.45, 7) is 4.52. The van der Waals surface area contributed by atoms with E-state index in [9.17, 15) is 18.0 Å². The molecule has 0 aliphatic rings. The van der Waals surface area contributed by atoms with E-state index in [1.54, 1.807) is 13.0 Å². The fraction of sp³-hybridized carbons (Fsp3) is 0.250. The number of esters is 1. The quantitative estimate of drug-likeness (QED) is 0.745. The minimum Gasteiger partial charge on any atom is -0.465 e. The molecule has 0 saturated carbocycles. The zero-order chi connectivity index (χ0) is 13.2. The van der Waals surface area contributed by atoms with Crippen LogP contribution in [0.15, 0.2) is 24.8 Å². The standard InChI is InChI=1S/C12H11F3O2/c1-7-5-4-6-9(8(2)12(13,14)15)10(7)11(16)17-3/h4-6H,2H2,1,3H3. The second-order valence-electron chi connectivity index (χ2n) is 3.47. The second-order valence-corrected chi connectivity index (χ2v) is 3.47. The van der Waals surface area contributed by atoms with Crippen LogP contribution in [-0.4, -0.2) is 19.3 Å². The van der Waals surface area contributed by atoms with Crippen LogP contribution in [0.4, 0.5) is 13.2 Å². The van der Waals surface area contributed by atoms with Crippen molar-refractivity contribution in [3.8, 4) is 0 Å². The van der Waals surface area contributed by atoms with E-state index in [1.807, 2.05) is 0 Å². The summed E-state index contributed by atoms with van der Waals surface area (Å²) in [6.07, 6.45) is -4.57. The molecule has 1 rings (SSSR count). The van der Waals surface area contributed by atoms with Crippen molar-refractivity contribution in [1.82, 2.24) is 0 Å². The largest absolute Gasteiger partial charge is 0.465 e. The minimum absolute atomic E-state index is 0.0997. The average molecular weight is 244 g/mol. The molecule has 0 heterocycles. The van der Waals surface area contributed by atoms with Gasteiger partial charge in [-0.15, -0.1) is 0 Å². The Morgan fingerprint density at radius 2 is 1.94 bits per heavy atom. The molecule has 0 atom stereocenters. The normalized spacial score (nSPS) is 11.1. The van der Waals surface area contributed by atoms with Gasteiger partial charge in [0, 0.05) is 5.56 Å². The van der Waals surface area contributed by atoms with Gasteiger partial charge in [-0.3, -0.25) is 0 Å². The third kappa shape index (κ3) is 2.67. The zero-order valence-electron chi connectivity index (χ0n) is 9.39. The molecular formula is C12H11F3O2. The molecule has 1 aromatic rings. The monoisotopic (exact) mass is 244 g/mol. The molecule has 0 saturated heterocycles. The molecule has 92 valence electrons. The molecule has 0 bridgehead atoms. The van der Waals surface area contributed by atoms with Crippen molar-refractivity contribution in [3.05, 3.63) is 41.5 Å². The molecule has 0 radical (unpaired) electrons. The lowest BCUT2D eigenvalue weighted by Crippen LogP contribution is -2.15. The number of alkyl halides is 3. The van der Waals surface area contributed by atoms with Gasteiger partial charge in [-0.1, -0.05) is 24.8 Å².